The number of carbonyl (C=O) groups excluding carboxylic acids is 1. The molecular formula is C11H2Br5F6O3-. The molecule has 0 heterocycles. The number of ether oxygens (including phenoxy) is 1. The van der Waals surface area contributed by atoms with Crippen molar-refractivity contribution < 1.29 is 41.0 Å². The van der Waals surface area contributed by atoms with Gasteiger partial charge in [-0.3, -0.25) is 4.79 Å². The number of halogens is 11. The topological polar surface area (TPSA) is 49.4 Å². The molecule has 0 saturated heterocycles. The first-order valence-corrected chi connectivity index (χ1v) is 9.55. The van der Waals surface area contributed by atoms with Crippen molar-refractivity contribution in [2.24, 2.45) is 0 Å². The fourth-order valence-electron chi connectivity index (χ4n) is 1.41. The van der Waals surface area contributed by atoms with Gasteiger partial charge < -0.3 is 9.84 Å². The molecule has 0 aliphatic rings. The molecule has 0 unspecified atom stereocenters. The summed E-state index contributed by atoms with van der Waals surface area (Å²) in [5.41, 5.74) is -5.90. The lowest BCUT2D eigenvalue weighted by Crippen LogP contribution is -2.71. The van der Waals surface area contributed by atoms with Gasteiger partial charge in [0.1, 0.15) is 6.61 Å². The van der Waals surface area contributed by atoms with Crippen molar-refractivity contribution in [3.63, 3.8) is 0 Å². The van der Waals surface area contributed by atoms with E-state index in [4.69, 9.17) is 0 Å². The van der Waals surface area contributed by atoms with Gasteiger partial charge in [-0.2, -0.15) is 26.3 Å². The molecular weight excluding hydrogens is 694 g/mol. The third-order valence-corrected chi connectivity index (χ3v) is 8.99. The Balaban J connectivity index is 3.24. The molecule has 0 N–H and O–H groups in total. The maximum absolute atomic E-state index is 12.5. The van der Waals surface area contributed by atoms with Crippen molar-refractivity contribution in [1.29, 1.82) is 0 Å². The van der Waals surface area contributed by atoms with E-state index >= 15 is 0 Å². The zero-order valence-electron chi connectivity index (χ0n) is 11.1. The van der Waals surface area contributed by atoms with Crippen LogP contribution in [0.5, 0.6) is 0 Å². The normalized spacial score (nSPS) is 13.1. The first kappa shape index (κ1) is 23.7. The average Bonchev–Trinajstić information content (AvgIpc) is 2.47. The van der Waals surface area contributed by atoms with Crippen molar-refractivity contribution in [3.05, 3.63) is 27.9 Å². The number of alkyl halides is 6. The van der Waals surface area contributed by atoms with Crippen molar-refractivity contribution in [2.45, 2.75) is 24.6 Å². The zero-order chi connectivity index (χ0) is 20.0. The van der Waals surface area contributed by atoms with Gasteiger partial charge in [-0.25, -0.2) is 0 Å². The van der Waals surface area contributed by atoms with Crippen LogP contribution < -0.4 is 5.11 Å². The van der Waals surface area contributed by atoms with Crippen LogP contribution >= 0.6 is 79.6 Å². The highest BCUT2D eigenvalue weighted by molar-refractivity contribution is 9.15. The minimum Gasteiger partial charge on any atom is -0.828 e. The van der Waals surface area contributed by atoms with Gasteiger partial charge >= 0.3 is 18.3 Å². The number of hydrogen-bond acceptors (Lipinski definition) is 3. The van der Waals surface area contributed by atoms with Gasteiger partial charge in [0, 0.05) is 27.9 Å². The van der Waals surface area contributed by atoms with Gasteiger partial charge in [0.05, 0.1) is 0 Å². The zero-order valence-corrected chi connectivity index (χ0v) is 19.0. The van der Waals surface area contributed by atoms with Crippen molar-refractivity contribution in [2.75, 3.05) is 0 Å². The van der Waals surface area contributed by atoms with Gasteiger partial charge in [-0.05, 0) is 79.6 Å². The molecule has 0 amide bonds. The van der Waals surface area contributed by atoms with E-state index in [1.807, 2.05) is 0 Å². The van der Waals surface area contributed by atoms with Crippen LogP contribution in [0.4, 0.5) is 26.3 Å². The molecule has 25 heavy (non-hydrogen) atoms. The standard InChI is InChI=1S/C11H2Br5F6O3/c12-3-2(4(13)6(15)7(16)5(3)14)1-25-8(23)9(24,10(17,18)19)11(20,21)22/h1H2/q-1. The Bertz CT molecular complexity index is 660. The summed E-state index contributed by atoms with van der Waals surface area (Å²) in [5, 5.41) is 11.3. The van der Waals surface area contributed by atoms with Crippen molar-refractivity contribution >= 4 is 85.6 Å². The molecule has 0 spiro atoms. The summed E-state index contributed by atoms with van der Waals surface area (Å²) in [6, 6.07) is 0. The van der Waals surface area contributed by atoms with Crippen LogP contribution in [0, 0.1) is 0 Å². The van der Waals surface area contributed by atoms with Crippen LogP contribution in [-0.4, -0.2) is 23.9 Å². The highest BCUT2D eigenvalue weighted by atomic mass is 79.9. The predicted molar refractivity (Wildman–Crippen MR) is 89.6 cm³/mol. The van der Waals surface area contributed by atoms with E-state index in [0.29, 0.717) is 13.4 Å². The summed E-state index contributed by atoms with van der Waals surface area (Å²) in [6.45, 7) is -1.03. The van der Waals surface area contributed by atoms with Gasteiger partial charge in [0.15, 0.2) is 5.60 Å². The second kappa shape index (κ2) is 7.94. The Kier molecular flexibility index (Phi) is 7.51. The maximum atomic E-state index is 12.5. The lowest BCUT2D eigenvalue weighted by atomic mass is 10.0. The molecule has 3 nitrogen and oxygen atoms in total. The molecule has 142 valence electrons. The Hall–Kier alpha value is 0.630. The van der Waals surface area contributed by atoms with Crippen molar-refractivity contribution in [1.82, 2.24) is 0 Å². The maximum Gasteiger partial charge on any atom is 0.399 e. The predicted octanol–water partition coefficient (Wildman–Crippen LogP) is 5.77. The van der Waals surface area contributed by atoms with E-state index in [1.54, 1.807) is 0 Å². The van der Waals surface area contributed by atoms with Gasteiger partial charge in [-0.1, -0.05) is 0 Å². The number of esters is 1. The van der Waals surface area contributed by atoms with Gasteiger partial charge in [0.2, 0.25) is 0 Å². The van der Waals surface area contributed by atoms with Crippen LogP contribution in [0.15, 0.2) is 22.4 Å². The number of benzene rings is 1. The minimum atomic E-state index is -6.42. The minimum absolute atomic E-state index is 0.0120. The molecule has 0 fully saturated rings. The smallest absolute Gasteiger partial charge is 0.399 e. The third kappa shape index (κ3) is 4.39. The van der Waals surface area contributed by atoms with Crippen molar-refractivity contribution in [3.8, 4) is 0 Å². The Labute approximate surface area is 178 Å². The van der Waals surface area contributed by atoms with Crippen LogP contribution in [-0.2, 0) is 16.1 Å². The number of carbonyl (C=O) groups is 1. The van der Waals surface area contributed by atoms with Gasteiger partial charge in [-0.15, -0.1) is 0 Å². The monoisotopic (exact) mass is 691 g/mol. The Morgan fingerprint density at radius 3 is 1.44 bits per heavy atom. The molecule has 1 aromatic rings. The van der Waals surface area contributed by atoms with E-state index in [-0.39, 0.29) is 14.5 Å². The largest absolute Gasteiger partial charge is 0.828 e. The lowest BCUT2D eigenvalue weighted by molar-refractivity contribution is -0.574. The first-order chi connectivity index (χ1) is 11.1. The summed E-state index contributed by atoms with van der Waals surface area (Å²) in [4.78, 5) is 11.4. The van der Waals surface area contributed by atoms with E-state index in [1.165, 1.54) is 0 Å². The highest BCUT2D eigenvalue weighted by Crippen LogP contribution is 2.45. The SMILES string of the molecule is O=C(OCc1c(Br)c(Br)c(Br)c(Br)c1Br)C([O-])(C(F)(F)F)C(F)(F)F. The molecule has 0 aliphatic carbocycles. The van der Waals surface area contributed by atoms with E-state index < -0.39 is 30.5 Å². The first-order valence-electron chi connectivity index (χ1n) is 5.58. The van der Waals surface area contributed by atoms with Crippen LogP contribution in [0.3, 0.4) is 0 Å². The Morgan fingerprint density at radius 2 is 1.12 bits per heavy atom. The summed E-state index contributed by atoms with van der Waals surface area (Å²) in [6.07, 6.45) is -12.8. The number of hydrogen-bond donors (Lipinski definition) is 0. The van der Waals surface area contributed by atoms with E-state index in [9.17, 15) is 36.2 Å². The molecule has 0 aromatic heterocycles. The molecule has 0 radical (unpaired) electrons. The molecule has 1 aromatic carbocycles. The molecule has 0 bridgehead atoms. The molecule has 0 aliphatic heterocycles. The molecule has 14 heteroatoms. The molecule has 0 saturated carbocycles. The van der Waals surface area contributed by atoms with E-state index in [2.05, 4.69) is 84.4 Å². The second-order valence-corrected chi connectivity index (χ2v) is 8.27. The number of rotatable bonds is 3. The summed E-state index contributed by atoms with van der Waals surface area (Å²) in [5.74, 6) is -3.00. The highest BCUT2D eigenvalue weighted by Gasteiger charge is 2.68. The van der Waals surface area contributed by atoms with Crippen LogP contribution in [0.2, 0.25) is 0 Å². The fraction of sp³-hybridized carbons (Fsp3) is 0.364. The lowest BCUT2D eigenvalue weighted by Gasteiger charge is -2.40. The van der Waals surface area contributed by atoms with E-state index in [0.717, 1.165) is 0 Å². The summed E-state index contributed by atoms with van der Waals surface area (Å²) >= 11 is 15.5. The van der Waals surface area contributed by atoms with Gasteiger partial charge in [0.25, 0.3) is 0 Å². The quantitative estimate of drug-likeness (QED) is 0.175. The van der Waals surface area contributed by atoms with Crippen LogP contribution in [0.1, 0.15) is 5.56 Å². The molecule has 0 atom stereocenters. The fourth-order valence-corrected chi connectivity index (χ4v) is 4.77. The summed E-state index contributed by atoms with van der Waals surface area (Å²) in [7, 11) is 0. The second-order valence-electron chi connectivity index (χ2n) is 4.30. The third-order valence-electron chi connectivity index (χ3n) is 2.73. The average molecular weight is 696 g/mol. The van der Waals surface area contributed by atoms with Crippen LogP contribution in [0.25, 0.3) is 0 Å². The molecule has 1 rings (SSSR count). The summed E-state index contributed by atoms with van der Waals surface area (Å²) < 4.78 is 80.8. The Morgan fingerprint density at radius 1 is 0.800 bits per heavy atom.